The van der Waals surface area contributed by atoms with Gasteiger partial charge in [0.1, 0.15) is 17.0 Å². The van der Waals surface area contributed by atoms with Crippen molar-refractivity contribution in [3.05, 3.63) is 82.0 Å². The Kier molecular flexibility index (Phi) is 8.73. The number of thiophene rings is 1. The molecule has 4 aromatic rings. The number of nitrogens with zero attached hydrogens (tertiary/aromatic N) is 5. The fourth-order valence-electron chi connectivity index (χ4n) is 5.70. The highest BCUT2D eigenvalue weighted by atomic mass is 32.1. The number of carbonyl (C=O) groups excluding carboxylic acids is 4. The SMILES string of the molecule is COc1ccc(-n2nc(C(=O)Oc3cc4c(s3)CCN(C(=O)OC(C)(C)C)C4)c3c2C(=O)N(c2ccc(N(C)C(C)=O)cc2)CC3)cc1. The van der Waals surface area contributed by atoms with Crippen molar-refractivity contribution in [1.82, 2.24) is 14.7 Å². The van der Waals surface area contributed by atoms with Gasteiger partial charge in [-0.15, -0.1) is 11.3 Å². The summed E-state index contributed by atoms with van der Waals surface area (Å²) in [5, 5.41) is 5.04. The Labute approximate surface area is 282 Å². The summed E-state index contributed by atoms with van der Waals surface area (Å²) in [4.78, 5) is 58.2. The molecule has 2 aliphatic rings. The number of benzene rings is 2. The molecule has 0 aliphatic carbocycles. The fourth-order valence-corrected chi connectivity index (χ4v) is 6.71. The highest BCUT2D eigenvalue weighted by Gasteiger charge is 2.36. The zero-order valence-corrected chi connectivity index (χ0v) is 28.6. The first kappa shape index (κ1) is 32.8. The second-order valence-electron chi connectivity index (χ2n) is 12.6. The van der Waals surface area contributed by atoms with E-state index in [1.54, 1.807) is 78.6 Å². The van der Waals surface area contributed by atoms with E-state index in [2.05, 4.69) is 5.10 Å². The average molecular weight is 672 g/mol. The molecular weight excluding hydrogens is 634 g/mol. The zero-order chi connectivity index (χ0) is 34.3. The number of hydrogen-bond donors (Lipinski definition) is 0. The molecule has 48 heavy (non-hydrogen) atoms. The number of ether oxygens (including phenoxy) is 3. The molecule has 0 unspecified atom stereocenters. The lowest BCUT2D eigenvalue weighted by Gasteiger charge is -2.29. The monoisotopic (exact) mass is 671 g/mol. The molecule has 0 N–H and O–H groups in total. The summed E-state index contributed by atoms with van der Waals surface area (Å²) in [6.45, 7) is 8.15. The van der Waals surface area contributed by atoms with Crippen LogP contribution in [0.2, 0.25) is 0 Å². The average Bonchev–Trinajstić information content (AvgIpc) is 3.65. The van der Waals surface area contributed by atoms with E-state index < -0.39 is 11.6 Å². The second-order valence-corrected chi connectivity index (χ2v) is 13.7. The van der Waals surface area contributed by atoms with Crippen molar-refractivity contribution in [2.75, 3.05) is 37.0 Å². The Morgan fingerprint density at radius 1 is 0.958 bits per heavy atom. The summed E-state index contributed by atoms with van der Waals surface area (Å²) in [6.07, 6.45) is 0.601. The molecule has 0 bridgehead atoms. The molecule has 3 amide bonds. The van der Waals surface area contributed by atoms with E-state index in [0.29, 0.717) is 65.9 Å². The predicted octanol–water partition coefficient (Wildman–Crippen LogP) is 5.64. The maximum absolute atomic E-state index is 14.1. The topological polar surface area (TPSA) is 124 Å². The minimum Gasteiger partial charge on any atom is -0.497 e. The van der Waals surface area contributed by atoms with Gasteiger partial charge >= 0.3 is 12.1 Å². The molecule has 0 spiro atoms. The van der Waals surface area contributed by atoms with Gasteiger partial charge in [0.15, 0.2) is 10.8 Å². The third kappa shape index (κ3) is 6.50. The number of amides is 3. The molecule has 12 nitrogen and oxygen atoms in total. The van der Waals surface area contributed by atoms with Crippen molar-refractivity contribution in [2.45, 2.75) is 52.7 Å². The predicted molar refractivity (Wildman–Crippen MR) is 181 cm³/mol. The quantitative estimate of drug-likeness (QED) is 0.242. The second kappa shape index (κ2) is 12.8. The first-order valence-corrected chi connectivity index (χ1v) is 16.4. The van der Waals surface area contributed by atoms with Crippen molar-refractivity contribution in [3.8, 4) is 16.5 Å². The molecule has 2 aromatic heterocycles. The summed E-state index contributed by atoms with van der Waals surface area (Å²) in [6, 6.07) is 16.0. The molecule has 0 saturated heterocycles. The Morgan fingerprint density at radius 3 is 2.29 bits per heavy atom. The lowest BCUT2D eigenvalue weighted by molar-refractivity contribution is -0.116. The zero-order valence-electron chi connectivity index (χ0n) is 27.7. The normalized spacial score (nSPS) is 14.2. The maximum atomic E-state index is 14.1. The Bertz CT molecular complexity index is 1890. The van der Waals surface area contributed by atoms with Gasteiger partial charge in [-0.1, -0.05) is 0 Å². The van der Waals surface area contributed by atoms with Crippen molar-refractivity contribution in [2.24, 2.45) is 0 Å². The van der Waals surface area contributed by atoms with Gasteiger partial charge in [0.2, 0.25) is 5.91 Å². The van der Waals surface area contributed by atoms with E-state index >= 15 is 0 Å². The number of aromatic nitrogens is 2. The van der Waals surface area contributed by atoms with Crippen LogP contribution in [0.1, 0.15) is 64.7 Å². The molecule has 0 radical (unpaired) electrons. The van der Waals surface area contributed by atoms with Gasteiger partial charge in [-0.05, 0) is 87.4 Å². The molecular formula is C35H37N5O7S. The highest BCUT2D eigenvalue weighted by Crippen LogP contribution is 2.36. The van der Waals surface area contributed by atoms with E-state index in [-0.39, 0.29) is 29.3 Å². The van der Waals surface area contributed by atoms with E-state index in [1.165, 1.54) is 27.8 Å². The number of methoxy groups -OCH3 is 1. The third-order valence-electron chi connectivity index (χ3n) is 8.24. The number of esters is 1. The van der Waals surface area contributed by atoms with Crippen molar-refractivity contribution in [3.63, 3.8) is 0 Å². The maximum Gasteiger partial charge on any atom is 0.410 e. The van der Waals surface area contributed by atoms with E-state index in [0.717, 1.165) is 10.4 Å². The van der Waals surface area contributed by atoms with Crippen LogP contribution < -0.4 is 19.3 Å². The first-order chi connectivity index (χ1) is 22.8. The van der Waals surface area contributed by atoms with Gasteiger partial charge < -0.3 is 28.9 Å². The number of carbonyl (C=O) groups is 4. The molecule has 0 atom stereocenters. The van der Waals surface area contributed by atoms with Crippen LogP contribution in [0.5, 0.6) is 10.8 Å². The molecule has 13 heteroatoms. The van der Waals surface area contributed by atoms with Crippen LogP contribution in [0.15, 0.2) is 54.6 Å². The minimum atomic E-state index is -0.668. The van der Waals surface area contributed by atoms with E-state index in [1.807, 2.05) is 20.8 Å². The summed E-state index contributed by atoms with van der Waals surface area (Å²) in [5.41, 5.74) is 3.07. The summed E-state index contributed by atoms with van der Waals surface area (Å²) in [5.74, 6) is -0.455. The fraction of sp³-hybridized carbons (Fsp3) is 0.343. The highest BCUT2D eigenvalue weighted by molar-refractivity contribution is 7.14. The van der Waals surface area contributed by atoms with E-state index in [9.17, 15) is 19.2 Å². The van der Waals surface area contributed by atoms with Crippen molar-refractivity contribution >= 4 is 46.6 Å². The molecule has 0 fully saturated rings. The van der Waals surface area contributed by atoms with Crippen LogP contribution in [0, 0.1) is 0 Å². The van der Waals surface area contributed by atoms with Crippen LogP contribution in [0.4, 0.5) is 16.2 Å². The molecule has 4 heterocycles. The largest absolute Gasteiger partial charge is 0.497 e. The number of hydrogen-bond acceptors (Lipinski definition) is 9. The smallest absolute Gasteiger partial charge is 0.410 e. The lowest BCUT2D eigenvalue weighted by atomic mass is 10.0. The van der Waals surface area contributed by atoms with Gasteiger partial charge in [0, 0.05) is 55.3 Å². The van der Waals surface area contributed by atoms with E-state index in [4.69, 9.17) is 14.2 Å². The summed E-state index contributed by atoms with van der Waals surface area (Å²) in [7, 11) is 3.26. The Hall–Kier alpha value is -5.17. The molecule has 250 valence electrons. The lowest BCUT2D eigenvalue weighted by Crippen LogP contribution is -2.39. The minimum absolute atomic E-state index is 0.0639. The van der Waals surface area contributed by atoms with Gasteiger partial charge in [0.05, 0.1) is 19.3 Å². The van der Waals surface area contributed by atoms with Crippen LogP contribution in [-0.4, -0.2) is 71.4 Å². The standard InChI is InChI=1S/C35H37N5O7S/c1-21(41)37(5)23-7-9-24(10-8-23)39-18-15-27-30(36-40(31(27)32(39)42)25-11-13-26(45-6)14-12-25)33(43)46-29-19-22-20-38(17-16-28(22)48-29)34(44)47-35(2,3)4/h7-14,19H,15-18,20H2,1-6H3. The third-order valence-corrected chi connectivity index (χ3v) is 9.35. The molecule has 2 aromatic carbocycles. The van der Waals surface area contributed by atoms with Crippen molar-refractivity contribution < 1.29 is 33.4 Å². The summed E-state index contributed by atoms with van der Waals surface area (Å²) >= 11 is 1.36. The first-order valence-electron chi connectivity index (χ1n) is 15.6. The van der Waals surface area contributed by atoms with Crippen LogP contribution >= 0.6 is 11.3 Å². The number of fused-ring (bicyclic) bond motifs is 2. The van der Waals surface area contributed by atoms with Crippen LogP contribution in [0.25, 0.3) is 5.69 Å². The Morgan fingerprint density at radius 2 is 1.65 bits per heavy atom. The number of rotatable bonds is 6. The molecule has 0 saturated carbocycles. The summed E-state index contributed by atoms with van der Waals surface area (Å²) < 4.78 is 18.2. The Balaban J connectivity index is 1.28. The van der Waals surface area contributed by atoms with Crippen LogP contribution in [-0.2, 0) is 28.9 Å². The van der Waals surface area contributed by atoms with Gasteiger partial charge in [-0.2, -0.15) is 5.10 Å². The molecule has 2 aliphatic heterocycles. The van der Waals surface area contributed by atoms with Crippen LogP contribution in [0.3, 0.4) is 0 Å². The van der Waals surface area contributed by atoms with Crippen molar-refractivity contribution in [1.29, 1.82) is 0 Å². The number of anilines is 2. The van der Waals surface area contributed by atoms with Gasteiger partial charge in [-0.3, -0.25) is 9.59 Å². The van der Waals surface area contributed by atoms with Gasteiger partial charge in [0.25, 0.3) is 5.91 Å². The molecule has 6 rings (SSSR count). The van der Waals surface area contributed by atoms with Gasteiger partial charge in [-0.25, -0.2) is 14.3 Å².